The molecular weight excluding hydrogens is 465 g/mol. The molecule has 2 fully saturated rings. The first-order chi connectivity index (χ1) is 17.4. The molecule has 0 bridgehead atoms. The Bertz CT molecular complexity index is 1150. The molecule has 2 heterocycles. The van der Waals surface area contributed by atoms with Crippen molar-refractivity contribution in [2.24, 2.45) is 5.92 Å². The average molecular weight is 496 g/mol. The van der Waals surface area contributed by atoms with Gasteiger partial charge in [-0.2, -0.15) is 0 Å². The molecule has 3 aliphatic rings. The molecule has 2 aromatic carbocycles. The second-order valence-corrected chi connectivity index (χ2v) is 9.79. The van der Waals surface area contributed by atoms with E-state index in [-0.39, 0.29) is 36.7 Å². The highest BCUT2D eigenvalue weighted by Crippen LogP contribution is 2.33. The topological polar surface area (TPSA) is 97.0 Å². The number of hydrogen-bond donors (Lipinski definition) is 2. The Morgan fingerprint density at radius 3 is 2.61 bits per heavy atom. The molecule has 0 unspecified atom stereocenters. The van der Waals surface area contributed by atoms with Crippen LogP contribution in [0.2, 0.25) is 0 Å². The van der Waals surface area contributed by atoms with E-state index >= 15 is 0 Å². The fraction of sp³-hybridized carbons (Fsp3) is 0.444. The molecule has 1 aliphatic carbocycles. The fourth-order valence-corrected chi connectivity index (χ4v) is 4.77. The number of fused-ring (bicyclic) bond motifs is 2. The van der Waals surface area contributed by atoms with Gasteiger partial charge in [0.25, 0.3) is 11.8 Å². The van der Waals surface area contributed by atoms with Gasteiger partial charge >= 0.3 is 0 Å². The van der Waals surface area contributed by atoms with Crippen molar-refractivity contribution in [1.82, 2.24) is 10.2 Å². The normalized spacial score (nSPS) is 23.4. The van der Waals surface area contributed by atoms with Crippen LogP contribution < -0.4 is 15.4 Å². The van der Waals surface area contributed by atoms with Gasteiger partial charge in [-0.1, -0.05) is 0 Å². The number of nitrogens with one attached hydrogen (secondary N) is 2. The summed E-state index contributed by atoms with van der Waals surface area (Å²) in [5.41, 5.74) is 1.08. The highest BCUT2D eigenvalue weighted by Gasteiger charge is 2.39. The molecule has 8 nitrogen and oxygen atoms in total. The molecular formula is C27H30FN3O5. The lowest BCUT2D eigenvalue weighted by molar-refractivity contribution is -0.134. The van der Waals surface area contributed by atoms with Crippen molar-refractivity contribution in [3.8, 4) is 5.75 Å². The van der Waals surface area contributed by atoms with Crippen LogP contribution >= 0.6 is 0 Å². The third-order valence-electron chi connectivity index (χ3n) is 7.07. The van der Waals surface area contributed by atoms with Gasteiger partial charge in [0.1, 0.15) is 24.3 Å². The lowest BCUT2D eigenvalue weighted by atomic mass is 9.94. The van der Waals surface area contributed by atoms with Gasteiger partial charge in [0, 0.05) is 24.8 Å². The molecule has 2 N–H and O–H groups in total. The minimum absolute atomic E-state index is 0.00195. The molecule has 1 saturated carbocycles. The van der Waals surface area contributed by atoms with Crippen molar-refractivity contribution in [3.05, 3.63) is 59.4 Å². The molecule has 190 valence electrons. The Morgan fingerprint density at radius 1 is 1.08 bits per heavy atom. The van der Waals surface area contributed by atoms with Gasteiger partial charge in [-0.25, -0.2) is 4.39 Å². The van der Waals surface area contributed by atoms with Gasteiger partial charge in [0.05, 0.1) is 24.1 Å². The van der Waals surface area contributed by atoms with E-state index in [4.69, 9.17) is 9.47 Å². The molecule has 2 aromatic rings. The molecule has 3 atom stereocenters. The maximum absolute atomic E-state index is 13.4. The monoisotopic (exact) mass is 495 g/mol. The van der Waals surface area contributed by atoms with Crippen molar-refractivity contribution in [2.45, 2.75) is 50.4 Å². The van der Waals surface area contributed by atoms with Gasteiger partial charge in [-0.15, -0.1) is 0 Å². The van der Waals surface area contributed by atoms with Crippen LogP contribution in [-0.4, -0.2) is 61.1 Å². The highest BCUT2D eigenvalue weighted by molar-refractivity contribution is 6.05. The Hall–Kier alpha value is -3.46. The summed E-state index contributed by atoms with van der Waals surface area (Å²) in [6.45, 7) is 0.984. The molecule has 0 radical (unpaired) electrons. The Labute approximate surface area is 209 Å². The van der Waals surface area contributed by atoms with Crippen LogP contribution in [0.5, 0.6) is 5.75 Å². The van der Waals surface area contributed by atoms with Crippen molar-refractivity contribution in [3.63, 3.8) is 0 Å². The maximum atomic E-state index is 13.4. The molecule has 0 spiro atoms. The smallest absolute Gasteiger partial charge is 0.257 e. The van der Waals surface area contributed by atoms with Crippen LogP contribution in [-0.2, 0) is 9.53 Å². The number of benzene rings is 2. The molecule has 5 rings (SSSR count). The first kappa shape index (κ1) is 24.2. The third-order valence-corrected chi connectivity index (χ3v) is 7.07. The number of amides is 3. The lowest BCUT2D eigenvalue weighted by Gasteiger charge is -2.42. The lowest BCUT2D eigenvalue weighted by Crippen LogP contribution is -2.54. The van der Waals surface area contributed by atoms with Gasteiger partial charge in [0.15, 0.2) is 0 Å². The summed E-state index contributed by atoms with van der Waals surface area (Å²) in [7, 11) is 1.74. The summed E-state index contributed by atoms with van der Waals surface area (Å²) in [5, 5.41) is 5.74. The SMILES string of the molecule is CN1C(=O)c2cc(NC(=O)c3ccc(F)cc3)ccc2OC[C@@H]2O[C@@H](CC(=O)NCC3CC3)CC[C@@H]21. The van der Waals surface area contributed by atoms with Gasteiger partial charge in [0.2, 0.25) is 5.91 Å². The van der Waals surface area contributed by atoms with Crippen LogP contribution in [0, 0.1) is 11.7 Å². The zero-order chi connectivity index (χ0) is 25.2. The van der Waals surface area contributed by atoms with Crippen LogP contribution in [0.15, 0.2) is 42.5 Å². The molecule has 9 heteroatoms. The van der Waals surface area contributed by atoms with Gasteiger partial charge in [-0.05, 0) is 74.1 Å². The number of halogens is 1. The fourth-order valence-electron chi connectivity index (χ4n) is 4.77. The highest BCUT2D eigenvalue weighted by atomic mass is 19.1. The van der Waals surface area contributed by atoms with Crippen LogP contribution in [0.25, 0.3) is 0 Å². The molecule has 0 aromatic heterocycles. The zero-order valence-corrected chi connectivity index (χ0v) is 20.2. The van der Waals surface area contributed by atoms with Crippen molar-refractivity contribution >= 4 is 23.4 Å². The average Bonchev–Trinajstić information content (AvgIpc) is 3.70. The summed E-state index contributed by atoms with van der Waals surface area (Å²) in [6.07, 6.45) is 3.50. The van der Waals surface area contributed by atoms with Gasteiger partial charge in [-0.3, -0.25) is 14.4 Å². The van der Waals surface area contributed by atoms with Crippen molar-refractivity contribution < 1.29 is 28.2 Å². The number of carbonyl (C=O) groups is 3. The van der Waals surface area contributed by atoms with Crippen LogP contribution in [0.1, 0.15) is 52.8 Å². The van der Waals surface area contributed by atoms with Gasteiger partial charge < -0.3 is 25.0 Å². The summed E-state index contributed by atoms with van der Waals surface area (Å²) in [4.78, 5) is 39.9. The number of carbonyl (C=O) groups excluding carboxylic acids is 3. The second kappa shape index (κ2) is 10.3. The van der Waals surface area contributed by atoms with E-state index in [0.717, 1.165) is 6.54 Å². The zero-order valence-electron chi connectivity index (χ0n) is 20.2. The van der Waals surface area contributed by atoms with E-state index in [2.05, 4.69) is 10.6 Å². The third kappa shape index (κ3) is 5.51. The van der Waals surface area contributed by atoms with E-state index in [1.807, 2.05) is 0 Å². The summed E-state index contributed by atoms with van der Waals surface area (Å²) < 4.78 is 25.4. The minimum Gasteiger partial charge on any atom is -0.490 e. The van der Waals surface area contributed by atoms with E-state index < -0.39 is 11.7 Å². The molecule has 1 saturated heterocycles. The van der Waals surface area contributed by atoms with E-state index in [1.54, 1.807) is 30.1 Å². The van der Waals surface area contributed by atoms with E-state index in [9.17, 15) is 18.8 Å². The Kier molecular flexibility index (Phi) is 6.91. The summed E-state index contributed by atoms with van der Waals surface area (Å²) in [5.74, 6) is -0.0370. The van der Waals surface area contributed by atoms with E-state index in [1.165, 1.54) is 37.1 Å². The second-order valence-electron chi connectivity index (χ2n) is 9.79. The number of hydrogen-bond acceptors (Lipinski definition) is 5. The predicted octanol–water partition coefficient (Wildman–Crippen LogP) is 3.37. The minimum atomic E-state index is -0.424. The number of ether oxygens (including phenoxy) is 2. The van der Waals surface area contributed by atoms with Crippen molar-refractivity contribution in [1.29, 1.82) is 0 Å². The molecule has 36 heavy (non-hydrogen) atoms. The first-order valence-corrected chi connectivity index (χ1v) is 12.4. The quantitative estimate of drug-likeness (QED) is 0.641. The van der Waals surface area contributed by atoms with Crippen LogP contribution in [0.4, 0.5) is 10.1 Å². The summed E-state index contributed by atoms with van der Waals surface area (Å²) in [6, 6.07) is 9.93. The maximum Gasteiger partial charge on any atom is 0.257 e. The first-order valence-electron chi connectivity index (χ1n) is 12.4. The molecule has 2 aliphatic heterocycles. The number of likely N-dealkylation sites (N-methyl/N-ethyl adjacent to an activating group) is 1. The number of anilines is 1. The largest absolute Gasteiger partial charge is 0.490 e. The number of rotatable bonds is 6. The Morgan fingerprint density at radius 2 is 1.86 bits per heavy atom. The summed E-state index contributed by atoms with van der Waals surface area (Å²) >= 11 is 0. The van der Waals surface area contributed by atoms with Crippen molar-refractivity contribution in [2.75, 3.05) is 25.5 Å². The number of nitrogens with zero attached hydrogens (tertiary/aromatic N) is 1. The molecule has 3 amide bonds. The Balaban J connectivity index is 1.25. The standard InChI is InChI=1S/C27H30FN3O5/c1-31-22-10-9-20(13-25(32)29-14-16-2-3-16)36-24(22)15-35-23-11-8-19(12-21(23)27(31)34)30-26(33)17-4-6-18(28)7-5-17/h4-8,11-12,16,20,22,24H,2-3,9-10,13-15H2,1H3,(H,29,32)(H,30,33)/t20-,22+,24+/m1/s1. The van der Waals surface area contributed by atoms with Crippen LogP contribution in [0.3, 0.4) is 0 Å². The predicted molar refractivity (Wildman–Crippen MR) is 130 cm³/mol. The van der Waals surface area contributed by atoms with E-state index in [0.29, 0.717) is 47.7 Å².